The number of aryl methyl sites for hydroxylation is 1. The van der Waals surface area contributed by atoms with Crippen LogP contribution < -0.4 is 5.32 Å². The van der Waals surface area contributed by atoms with Crippen molar-refractivity contribution in [3.05, 3.63) is 95.3 Å². The van der Waals surface area contributed by atoms with Crippen LogP contribution in [0.5, 0.6) is 0 Å². The average Bonchev–Trinajstić information content (AvgIpc) is 2.78. The van der Waals surface area contributed by atoms with Crippen LogP contribution in [0.2, 0.25) is 0 Å². The van der Waals surface area contributed by atoms with E-state index < -0.39 is 0 Å². The highest BCUT2D eigenvalue weighted by Gasteiger charge is 2.20. The Hall–Kier alpha value is -3.61. The van der Waals surface area contributed by atoms with Crippen molar-refractivity contribution < 1.29 is 14.0 Å². The van der Waals surface area contributed by atoms with Crippen LogP contribution in [0, 0.1) is 12.7 Å². The van der Waals surface area contributed by atoms with Crippen molar-refractivity contribution in [1.29, 1.82) is 0 Å². The van der Waals surface area contributed by atoms with Gasteiger partial charge < -0.3 is 10.2 Å². The van der Waals surface area contributed by atoms with Crippen LogP contribution in [-0.4, -0.2) is 33.2 Å². The monoisotopic (exact) mass is 420 g/mol. The van der Waals surface area contributed by atoms with Gasteiger partial charge in [-0.3, -0.25) is 14.6 Å². The third-order valence-electron chi connectivity index (χ3n) is 4.86. The number of benzene rings is 2. The molecular weight excluding hydrogens is 395 g/mol. The number of nitrogens with zero attached hydrogens (tertiary/aromatic N) is 3. The lowest BCUT2D eigenvalue weighted by molar-refractivity contribution is -0.121. The van der Waals surface area contributed by atoms with Crippen molar-refractivity contribution in [3.8, 4) is 0 Å². The van der Waals surface area contributed by atoms with Gasteiger partial charge in [0.25, 0.3) is 5.91 Å². The van der Waals surface area contributed by atoms with Crippen LogP contribution >= 0.6 is 0 Å². The van der Waals surface area contributed by atoms with Crippen LogP contribution in [0.25, 0.3) is 0 Å². The molecule has 0 saturated carbocycles. The molecule has 0 aliphatic heterocycles. The molecule has 0 aliphatic rings. The molecule has 3 aromatic rings. The molecule has 31 heavy (non-hydrogen) atoms. The van der Waals surface area contributed by atoms with Gasteiger partial charge in [-0.25, -0.2) is 9.37 Å². The minimum absolute atomic E-state index is 0.128. The van der Waals surface area contributed by atoms with Crippen molar-refractivity contribution in [2.75, 3.05) is 6.54 Å². The lowest BCUT2D eigenvalue weighted by atomic mass is 10.1. The highest BCUT2D eigenvalue weighted by Crippen LogP contribution is 2.13. The molecule has 1 aromatic heterocycles. The molecule has 7 heteroatoms. The molecule has 0 fully saturated rings. The van der Waals surface area contributed by atoms with E-state index in [-0.39, 0.29) is 48.9 Å². The van der Waals surface area contributed by atoms with Gasteiger partial charge in [-0.05, 0) is 37.1 Å². The molecule has 2 aromatic carbocycles. The van der Waals surface area contributed by atoms with E-state index in [0.29, 0.717) is 5.69 Å². The number of hydrogen-bond donors (Lipinski definition) is 1. The van der Waals surface area contributed by atoms with E-state index in [1.165, 1.54) is 29.4 Å². The highest BCUT2D eigenvalue weighted by atomic mass is 19.1. The maximum absolute atomic E-state index is 13.2. The van der Waals surface area contributed by atoms with Crippen molar-refractivity contribution in [3.63, 3.8) is 0 Å². The Morgan fingerprint density at radius 1 is 1.03 bits per heavy atom. The van der Waals surface area contributed by atoms with Crippen molar-refractivity contribution in [2.45, 2.75) is 32.9 Å². The molecule has 1 unspecified atom stereocenters. The van der Waals surface area contributed by atoms with Gasteiger partial charge in [-0.1, -0.05) is 42.5 Å². The van der Waals surface area contributed by atoms with Gasteiger partial charge >= 0.3 is 0 Å². The summed E-state index contributed by atoms with van der Waals surface area (Å²) < 4.78 is 13.2. The number of carbonyl (C=O) groups is 2. The van der Waals surface area contributed by atoms with E-state index >= 15 is 0 Å². The SMILES string of the molecule is Cc1cnc(C(=O)N(CCC(=O)NC(C)c2ccccc2)Cc2ccc(F)cc2)cn1. The molecule has 0 spiro atoms. The zero-order valence-corrected chi connectivity index (χ0v) is 17.6. The van der Waals surface area contributed by atoms with Gasteiger partial charge in [0.05, 0.1) is 17.9 Å². The molecule has 160 valence electrons. The number of aromatic nitrogens is 2. The Balaban J connectivity index is 1.68. The second-order valence-electron chi connectivity index (χ2n) is 7.35. The van der Waals surface area contributed by atoms with Crippen LogP contribution in [0.1, 0.15) is 46.7 Å². The highest BCUT2D eigenvalue weighted by molar-refractivity contribution is 5.92. The average molecular weight is 420 g/mol. The molecule has 0 bridgehead atoms. The molecule has 0 aliphatic carbocycles. The molecule has 2 amide bonds. The fourth-order valence-electron chi connectivity index (χ4n) is 3.10. The third kappa shape index (κ3) is 6.44. The molecule has 1 atom stereocenters. The number of amides is 2. The Labute approximate surface area is 181 Å². The predicted molar refractivity (Wildman–Crippen MR) is 116 cm³/mol. The molecule has 0 saturated heterocycles. The first-order chi connectivity index (χ1) is 14.9. The summed E-state index contributed by atoms with van der Waals surface area (Å²) in [7, 11) is 0. The number of rotatable bonds is 8. The minimum atomic E-state index is -0.347. The second-order valence-corrected chi connectivity index (χ2v) is 7.35. The molecule has 3 rings (SSSR count). The molecule has 1 heterocycles. The summed E-state index contributed by atoms with van der Waals surface area (Å²) in [6.45, 7) is 4.13. The van der Waals surface area contributed by atoms with E-state index in [1.807, 2.05) is 37.3 Å². The standard InChI is InChI=1S/C24H25FN4O2/c1-17-14-27-22(15-26-17)24(31)29(16-19-8-10-21(25)11-9-19)13-12-23(30)28-18(2)20-6-4-3-5-7-20/h3-11,14-15,18H,12-13,16H2,1-2H3,(H,28,30). The van der Waals surface area contributed by atoms with Crippen LogP contribution in [0.3, 0.4) is 0 Å². The van der Waals surface area contributed by atoms with Gasteiger partial charge in [0.15, 0.2) is 0 Å². The van der Waals surface area contributed by atoms with Crippen molar-refractivity contribution in [2.24, 2.45) is 0 Å². The zero-order valence-electron chi connectivity index (χ0n) is 17.6. The number of nitrogens with one attached hydrogen (secondary N) is 1. The summed E-state index contributed by atoms with van der Waals surface area (Å²) >= 11 is 0. The smallest absolute Gasteiger partial charge is 0.274 e. The number of halogens is 1. The Morgan fingerprint density at radius 2 is 1.74 bits per heavy atom. The second kappa shape index (κ2) is 10.4. The van der Waals surface area contributed by atoms with Crippen LogP contribution in [-0.2, 0) is 11.3 Å². The van der Waals surface area contributed by atoms with E-state index in [9.17, 15) is 14.0 Å². The maximum atomic E-state index is 13.2. The Morgan fingerprint density at radius 3 is 2.39 bits per heavy atom. The van der Waals surface area contributed by atoms with E-state index in [1.54, 1.807) is 19.1 Å². The van der Waals surface area contributed by atoms with Crippen molar-refractivity contribution in [1.82, 2.24) is 20.2 Å². The van der Waals surface area contributed by atoms with Gasteiger partial charge in [0, 0.05) is 25.7 Å². The molecule has 6 nitrogen and oxygen atoms in total. The lowest BCUT2D eigenvalue weighted by Gasteiger charge is -2.23. The molecule has 1 N–H and O–H groups in total. The van der Waals surface area contributed by atoms with Crippen LogP contribution in [0.15, 0.2) is 67.0 Å². The minimum Gasteiger partial charge on any atom is -0.350 e. The number of carbonyl (C=O) groups excluding carboxylic acids is 2. The van der Waals surface area contributed by atoms with Crippen molar-refractivity contribution >= 4 is 11.8 Å². The topological polar surface area (TPSA) is 75.2 Å². The first-order valence-corrected chi connectivity index (χ1v) is 10.1. The maximum Gasteiger partial charge on any atom is 0.274 e. The van der Waals surface area contributed by atoms with E-state index in [2.05, 4.69) is 15.3 Å². The summed E-state index contributed by atoms with van der Waals surface area (Å²) in [4.78, 5) is 35.3. The van der Waals surface area contributed by atoms with E-state index in [4.69, 9.17) is 0 Å². The fraction of sp³-hybridized carbons (Fsp3) is 0.250. The van der Waals surface area contributed by atoms with Crippen LogP contribution in [0.4, 0.5) is 4.39 Å². The quantitative estimate of drug-likeness (QED) is 0.601. The Kier molecular flexibility index (Phi) is 7.43. The predicted octanol–water partition coefficient (Wildman–Crippen LogP) is 3.83. The normalized spacial score (nSPS) is 11.6. The summed E-state index contributed by atoms with van der Waals surface area (Å²) in [5.74, 6) is -0.843. The molecular formula is C24H25FN4O2. The summed E-state index contributed by atoms with van der Waals surface area (Å²) in [6.07, 6.45) is 3.08. The third-order valence-corrected chi connectivity index (χ3v) is 4.86. The van der Waals surface area contributed by atoms with E-state index in [0.717, 1.165) is 11.1 Å². The molecule has 0 radical (unpaired) electrons. The first kappa shape index (κ1) is 22.1. The lowest BCUT2D eigenvalue weighted by Crippen LogP contribution is -2.36. The first-order valence-electron chi connectivity index (χ1n) is 10.1. The summed E-state index contributed by atoms with van der Waals surface area (Å²) in [5.41, 5.74) is 2.67. The van der Waals surface area contributed by atoms with Gasteiger partial charge in [-0.15, -0.1) is 0 Å². The van der Waals surface area contributed by atoms with Gasteiger partial charge in [-0.2, -0.15) is 0 Å². The Bertz CT molecular complexity index is 1010. The fourth-order valence-corrected chi connectivity index (χ4v) is 3.10. The van der Waals surface area contributed by atoms with Gasteiger partial charge in [0.1, 0.15) is 11.5 Å². The zero-order chi connectivity index (χ0) is 22.2. The summed E-state index contributed by atoms with van der Waals surface area (Å²) in [5, 5.41) is 2.95. The largest absolute Gasteiger partial charge is 0.350 e. The summed E-state index contributed by atoms with van der Waals surface area (Å²) in [6, 6.07) is 15.4. The van der Waals surface area contributed by atoms with Gasteiger partial charge in [0.2, 0.25) is 5.91 Å². The number of hydrogen-bond acceptors (Lipinski definition) is 4.